The standard InChI is InChI=1S/C18H19F2N/c1-12-2-5-15-10-13(4-9-18(15)21-12)3-6-14-7-8-16(19)11-17(14)20/h4,7-12,21H,2-3,5-6H2,1H3. The number of nitrogens with one attached hydrogen (secondary N) is 1. The average molecular weight is 287 g/mol. The number of hydrogen-bond donors (Lipinski definition) is 1. The number of fused-ring (bicyclic) bond motifs is 1. The van der Waals surface area contributed by atoms with Gasteiger partial charge < -0.3 is 5.32 Å². The minimum absolute atomic E-state index is 0.455. The van der Waals surface area contributed by atoms with Crippen molar-refractivity contribution < 1.29 is 8.78 Å². The molecule has 3 rings (SSSR count). The maximum atomic E-state index is 13.6. The first kappa shape index (κ1) is 14.1. The van der Waals surface area contributed by atoms with Gasteiger partial charge in [-0.05, 0) is 61.4 Å². The van der Waals surface area contributed by atoms with Crippen molar-refractivity contribution in [2.75, 3.05) is 5.32 Å². The molecule has 21 heavy (non-hydrogen) atoms. The van der Waals surface area contributed by atoms with E-state index in [9.17, 15) is 8.78 Å². The Balaban J connectivity index is 1.71. The van der Waals surface area contributed by atoms with Gasteiger partial charge in [-0.2, -0.15) is 0 Å². The Hall–Kier alpha value is -1.90. The fraction of sp³-hybridized carbons (Fsp3) is 0.333. The molecule has 0 saturated carbocycles. The SMILES string of the molecule is CC1CCc2cc(CCc3ccc(F)cc3F)ccc2N1. The van der Waals surface area contributed by atoms with E-state index in [-0.39, 0.29) is 0 Å². The van der Waals surface area contributed by atoms with Crippen molar-refractivity contribution in [3.8, 4) is 0 Å². The highest BCUT2D eigenvalue weighted by atomic mass is 19.1. The van der Waals surface area contributed by atoms with Gasteiger partial charge in [0, 0.05) is 17.8 Å². The van der Waals surface area contributed by atoms with E-state index in [1.165, 1.54) is 28.9 Å². The quantitative estimate of drug-likeness (QED) is 0.876. The lowest BCUT2D eigenvalue weighted by atomic mass is 9.95. The molecule has 0 aromatic heterocycles. The summed E-state index contributed by atoms with van der Waals surface area (Å²) in [5.74, 6) is -0.978. The van der Waals surface area contributed by atoms with Crippen LogP contribution in [0.2, 0.25) is 0 Å². The molecule has 1 nitrogen and oxygen atoms in total. The van der Waals surface area contributed by atoms with E-state index in [2.05, 4.69) is 30.4 Å². The zero-order valence-corrected chi connectivity index (χ0v) is 12.1. The average Bonchev–Trinajstić information content (AvgIpc) is 2.46. The predicted molar refractivity (Wildman–Crippen MR) is 81.6 cm³/mol. The molecule has 1 atom stereocenters. The van der Waals surface area contributed by atoms with Gasteiger partial charge in [-0.15, -0.1) is 0 Å². The Labute approximate surface area is 124 Å². The van der Waals surface area contributed by atoms with Crippen LogP contribution in [0.3, 0.4) is 0 Å². The van der Waals surface area contributed by atoms with Crippen LogP contribution in [-0.2, 0) is 19.3 Å². The van der Waals surface area contributed by atoms with Gasteiger partial charge in [-0.3, -0.25) is 0 Å². The fourth-order valence-corrected chi connectivity index (χ4v) is 2.86. The zero-order chi connectivity index (χ0) is 14.8. The molecule has 2 aromatic rings. The molecule has 1 heterocycles. The first-order valence-corrected chi connectivity index (χ1v) is 7.44. The molecular weight excluding hydrogens is 268 g/mol. The van der Waals surface area contributed by atoms with Gasteiger partial charge in [-0.1, -0.05) is 18.2 Å². The summed E-state index contributed by atoms with van der Waals surface area (Å²) >= 11 is 0. The van der Waals surface area contributed by atoms with Crippen molar-refractivity contribution in [3.05, 3.63) is 64.7 Å². The number of anilines is 1. The summed E-state index contributed by atoms with van der Waals surface area (Å²) in [6.45, 7) is 2.19. The van der Waals surface area contributed by atoms with E-state index >= 15 is 0 Å². The van der Waals surface area contributed by atoms with Crippen LogP contribution in [0.1, 0.15) is 30.0 Å². The molecule has 3 heteroatoms. The molecule has 2 aromatic carbocycles. The van der Waals surface area contributed by atoms with Crippen molar-refractivity contribution in [3.63, 3.8) is 0 Å². The van der Waals surface area contributed by atoms with Crippen molar-refractivity contribution >= 4 is 5.69 Å². The largest absolute Gasteiger partial charge is 0.382 e. The first-order valence-electron chi connectivity index (χ1n) is 7.44. The Kier molecular flexibility index (Phi) is 3.91. The predicted octanol–water partition coefficient (Wildman–Crippen LogP) is 4.50. The second-order valence-electron chi connectivity index (χ2n) is 5.81. The van der Waals surface area contributed by atoms with Gasteiger partial charge in [0.25, 0.3) is 0 Å². The van der Waals surface area contributed by atoms with Crippen LogP contribution in [0.4, 0.5) is 14.5 Å². The first-order chi connectivity index (χ1) is 10.1. The summed E-state index contributed by atoms with van der Waals surface area (Å²) < 4.78 is 26.5. The highest BCUT2D eigenvalue weighted by Gasteiger charge is 2.14. The molecule has 0 bridgehead atoms. The third kappa shape index (κ3) is 3.23. The summed E-state index contributed by atoms with van der Waals surface area (Å²) in [5, 5.41) is 3.47. The van der Waals surface area contributed by atoms with E-state index in [0.29, 0.717) is 18.0 Å². The van der Waals surface area contributed by atoms with Crippen LogP contribution < -0.4 is 5.32 Å². The second kappa shape index (κ2) is 5.84. The smallest absolute Gasteiger partial charge is 0.129 e. The summed E-state index contributed by atoms with van der Waals surface area (Å²) in [5.41, 5.74) is 4.32. The van der Waals surface area contributed by atoms with Crippen LogP contribution in [0.25, 0.3) is 0 Å². The molecule has 1 N–H and O–H groups in total. The monoisotopic (exact) mass is 287 g/mol. The number of benzene rings is 2. The second-order valence-corrected chi connectivity index (χ2v) is 5.81. The van der Waals surface area contributed by atoms with E-state index in [1.54, 1.807) is 0 Å². The summed E-state index contributed by atoms with van der Waals surface area (Å²) in [6.07, 6.45) is 3.59. The third-order valence-corrected chi connectivity index (χ3v) is 4.12. The molecule has 0 radical (unpaired) electrons. The lowest BCUT2D eigenvalue weighted by Gasteiger charge is -2.24. The van der Waals surface area contributed by atoms with Gasteiger partial charge in [0.15, 0.2) is 0 Å². The topological polar surface area (TPSA) is 12.0 Å². The van der Waals surface area contributed by atoms with Gasteiger partial charge in [0.1, 0.15) is 11.6 Å². The van der Waals surface area contributed by atoms with E-state index in [4.69, 9.17) is 0 Å². The van der Waals surface area contributed by atoms with E-state index < -0.39 is 11.6 Å². The van der Waals surface area contributed by atoms with Crippen LogP contribution in [-0.4, -0.2) is 6.04 Å². The normalized spacial score (nSPS) is 17.2. The van der Waals surface area contributed by atoms with Gasteiger partial charge in [-0.25, -0.2) is 8.78 Å². The van der Waals surface area contributed by atoms with Crippen LogP contribution in [0, 0.1) is 11.6 Å². The zero-order valence-electron chi connectivity index (χ0n) is 12.1. The maximum absolute atomic E-state index is 13.6. The summed E-state index contributed by atoms with van der Waals surface area (Å²) in [6, 6.07) is 10.7. The molecule has 1 aliphatic heterocycles. The molecule has 0 amide bonds. The van der Waals surface area contributed by atoms with Crippen molar-refractivity contribution in [1.82, 2.24) is 0 Å². The van der Waals surface area contributed by atoms with E-state index in [1.807, 2.05) is 0 Å². The maximum Gasteiger partial charge on any atom is 0.129 e. The van der Waals surface area contributed by atoms with Crippen LogP contribution >= 0.6 is 0 Å². The number of hydrogen-bond acceptors (Lipinski definition) is 1. The van der Waals surface area contributed by atoms with Crippen molar-refractivity contribution in [2.24, 2.45) is 0 Å². The molecule has 0 aliphatic carbocycles. The van der Waals surface area contributed by atoms with Crippen molar-refractivity contribution in [1.29, 1.82) is 0 Å². The fourth-order valence-electron chi connectivity index (χ4n) is 2.86. The molecule has 1 unspecified atom stereocenters. The van der Waals surface area contributed by atoms with Crippen LogP contribution in [0.5, 0.6) is 0 Å². The molecule has 0 saturated heterocycles. The molecule has 0 fully saturated rings. The molecule has 1 aliphatic rings. The summed E-state index contributed by atoms with van der Waals surface area (Å²) in [7, 11) is 0. The van der Waals surface area contributed by atoms with Crippen LogP contribution in [0.15, 0.2) is 36.4 Å². The third-order valence-electron chi connectivity index (χ3n) is 4.12. The molecule has 0 spiro atoms. The lowest BCUT2D eigenvalue weighted by molar-refractivity contribution is 0.571. The Morgan fingerprint density at radius 3 is 2.76 bits per heavy atom. The number of halogens is 2. The summed E-state index contributed by atoms with van der Waals surface area (Å²) in [4.78, 5) is 0. The van der Waals surface area contributed by atoms with Gasteiger partial charge in [0.05, 0.1) is 0 Å². The molecule has 110 valence electrons. The number of aryl methyl sites for hydroxylation is 3. The van der Waals surface area contributed by atoms with Gasteiger partial charge >= 0.3 is 0 Å². The van der Waals surface area contributed by atoms with Crippen molar-refractivity contribution in [2.45, 2.75) is 38.6 Å². The highest BCUT2D eigenvalue weighted by Crippen LogP contribution is 2.26. The Bertz CT molecular complexity index is 652. The highest BCUT2D eigenvalue weighted by molar-refractivity contribution is 5.55. The minimum atomic E-state index is -0.523. The van der Waals surface area contributed by atoms with E-state index in [0.717, 1.165) is 25.3 Å². The Morgan fingerprint density at radius 1 is 1.10 bits per heavy atom. The minimum Gasteiger partial charge on any atom is -0.382 e. The lowest BCUT2D eigenvalue weighted by Crippen LogP contribution is -2.21. The number of rotatable bonds is 3. The van der Waals surface area contributed by atoms with Gasteiger partial charge in [0.2, 0.25) is 0 Å². The molecular formula is C18H19F2N. The Morgan fingerprint density at radius 2 is 1.95 bits per heavy atom.